The van der Waals surface area contributed by atoms with E-state index in [4.69, 9.17) is 5.73 Å². The van der Waals surface area contributed by atoms with Crippen LogP contribution in [0.15, 0.2) is 28.7 Å². The zero-order valence-corrected chi connectivity index (χ0v) is 13.9. The van der Waals surface area contributed by atoms with E-state index in [1.54, 1.807) is 12.3 Å². The zero-order valence-electron chi connectivity index (χ0n) is 12.3. The smallest absolute Gasteiger partial charge is 0.270 e. The Morgan fingerprint density at radius 1 is 1.26 bits per heavy atom. The molecule has 0 aromatic heterocycles. The van der Waals surface area contributed by atoms with Gasteiger partial charge in [0.05, 0.1) is 0 Å². The third-order valence-corrected chi connectivity index (χ3v) is 4.18. The zero-order chi connectivity index (χ0) is 16.4. The van der Waals surface area contributed by atoms with Crippen LogP contribution in [-0.2, 0) is 4.79 Å². The molecule has 6 heteroatoms. The summed E-state index contributed by atoms with van der Waals surface area (Å²) < 4.78 is 0.901. The molecule has 2 aromatic rings. The van der Waals surface area contributed by atoms with Gasteiger partial charge in [-0.3, -0.25) is 9.59 Å². The van der Waals surface area contributed by atoms with Crippen LogP contribution in [0.1, 0.15) is 16.8 Å². The van der Waals surface area contributed by atoms with Gasteiger partial charge in [-0.1, -0.05) is 22.0 Å². The van der Waals surface area contributed by atoms with E-state index in [9.17, 15) is 9.59 Å². The van der Waals surface area contributed by atoms with Gasteiger partial charge >= 0.3 is 0 Å². The monoisotopic (exact) mass is 372 g/mol. The van der Waals surface area contributed by atoms with E-state index in [0.29, 0.717) is 23.9 Å². The minimum atomic E-state index is -0.318. The van der Waals surface area contributed by atoms with Crippen molar-refractivity contribution in [1.82, 2.24) is 10.6 Å². The summed E-state index contributed by atoms with van der Waals surface area (Å²) in [5.41, 5.74) is 6.00. The summed E-state index contributed by atoms with van der Waals surface area (Å²) in [7, 11) is 0. The molecule has 0 bridgehead atoms. The Morgan fingerprint density at radius 2 is 2.09 bits per heavy atom. The highest BCUT2D eigenvalue weighted by Gasteiger charge is 2.14. The Hall–Kier alpha value is -2.18. The van der Waals surface area contributed by atoms with Gasteiger partial charge < -0.3 is 11.1 Å². The number of nitrogens with two attached hydrogens (primary N) is 1. The Labute approximate surface area is 141 Å². The molecule has 1 aliphatic rings. The second-order valence-electron chi connectivity index (χ2n) is 5.26. The molecule has 117 valence electrons. The lowest BCUT2D eigenvalue weighted by Crippen LogP contribution is -2.36. The Balaban J connectivity index is 2.21. The highest BCUT2D eigenvalue weighted by atomic mass is 79.9. The molecule has 0 saturated heterocycles. The number of benzene rings is 2. The topological polar surface area (TPSA) is 86.3 Å². The minimum Gasteiger partial charge on any atom is -0.352 e. The van der Waals surface area contributed by atoms with Gasteiger partial charge in [0.1, 0.15) is 0 Å². The van der Waals surface area contributed by atoms with Gasteiger partial charge in [0.2, 0.25) is 0 Å². The molecule has 1 heterocycles. The largest absolute Gasteiger partial charge is 0.352 e. The van der Waals surface area contributed by atoms with Crippen molar-refractivity contribution < 1.29 is 9.59 Å². The van der Waals surface area contributed by atoms with Crippen molar-refractivity contribution in [2.24, 2.45) is 5.73 Å². The number of hydrogen-bond acceptors (Lipinski definition) is 3. The van der Waals surface area contributed by atoms with Crippen molar-refractivity contribution in [2.45, 2.75) is 6.42 Å². The fourth-order valence-corrected chi connectivity index (χ4v) is 2.95. The lowest BCUT2D eigenvalue weighted by atomic mass is 9.99. The second kappa shape index (κ2) is 6.52. The van der Waals surface area contributed by atoms with E-state index in [1.807, 2.05) is 18.2 Å². The molecule has 0 fully saturated rings. The average Bonchev–Trinajstić information content (AvgIpc) is 2.53. The van der Waals surface area contributed by atoms with Crippen LogP contribution < -0.4 is 26.8 Å². The third-order valence-electron chi connectivity index (χ3n) is 3.68. The van der Waals surface area contributed by atoms with Crippen LogP contribution in [0.3, 0.4) is 0 Å². The minimum absolute atomic E-state index is 0.170. The molecule has 1 radical (unpaired) electrons. The molecule has 1 aliphatic heterocycles. The third kappa shape index (κ3) is 3.13. The van der Waals surface area contributed by atoms with Crippen molar-refractivity contribution >= 4 is 50.8 Å². The van der Waals surface area contributed by atoms with Gasteiger partial charge in [-0.25, -0.2) is 5.32 Å². The molecular weight excluding hydrogens is 358 g/mol. The Kier molecular flexibility index (Phi) is 4.45. The molecular formula is C17H15BrN3O2. The first-order valence-corrected chi connectivity index (χ1v) is 8.07. The first-order valence-electron chi connectivity index (χ1n) is 7.27. The number of fused-ring (bicyclic) bond motifs is 3. The van der Waals surface area contributed by atoms with Gasteiger partial charge in [0.15, 0.2) is 0 Å². The summed E-state index contributed by atoms with van der Waals surface area (Å²) in [6.07, 6.45) is 3.73. The SMILES string of the molecule is NCCCNC(=O)c1cc2c(c3cc(Br)ccc13)=C[N]C(=O)C=2. The van der Waals surface area contributed by atoms with Crippen LogP contribution in [0.4, 0.5) is 0 Å². The van der Waals surface area contributed by atoms with E-state index in [2.05, 4.69) is 26.6 Å². The molecule has 0 saturated carbocycles. The van der Waals surface area contributed by atoms with Gasteiger partial charge in [-0.2, -0.15) is 0 Å². The normalized spacial score (nSPS) is 12.9. The molecule has 3 rings (SSSR count). The number of halogens is 1. The van der Waals surface area contributed by atoms with E-state index < -0.39 is 0 Å². The molecule has 5 nitrogen and oxygen atoms in total. The fraction of sp³-hybridized carbons (Fsp3) is 0.176. The summed E-state index contributed by atoms with van der Waals surface area (Å²) in [6, 6.07) is 7.45. The summed E-state index contributed by atoms with van der Waals surface area (Å²) in [6.45, 7) is 1.05. The van der Waals surface area contributed by atoms with Crippen LogP contribution in [0, 0.1) is 0 Å². The van der Waals surface area contributed by atoms with Gasteiger partial charge in [0, 0.05) is 34.1 Å². The fourth-order valence-electron chi connectivity index (χ4n) is 2.59. The van der Waals surface area contributed by atoms with Crippen molar-refractivity contribution in [3.05, 3.63) is 44.7 Å². The van der Waals surface area contributed by atoms with E-state index in [1.165, 1.54) is 6.08 Å². The molecule has 3 N–H and O–H groups in total. The Morgan fingerprint density at radius 3 is 2.87 bits per heavy atom. The lowest BCUT2D eigenvalue weighted by Gasteiger charge is -2.11. The number of rotatable bonds is 4. The van der Waals surface area contributed by atoms with Crippen LogP contribution in [0.2, 0.25) is 0 Å². The molecule has 2 amide bonds. The maximum absolute atomic E-state index is 12.5. The maximum Gasteiger partial charge on any atom is 0.270 e. The molecule has 2 aromatic carbocycles. The molecule has 0 unspecified atom stereocenters. The van der Waals surface area contributed by atoms with Crippen molar-refractivity contribution in [3.8, 4) is 0 Å². The molecule has 0 atom stereocenters. The maximum atomic E-state index is 12.5. The van der Waals surface area contributed by atoms with Crippen molar-refractivity contribution in [1.29, 1.82) is 0 Å². The summed E-state index contributed by atoms with van der Waals surface area (Å²) in [5, 5.41) is 9.96. The number of carbonyl (C=O) groups excluding carboxylic acids is 2. The van der Waals surface area contributed by atoms with Gasteiger partial charge in [-0.15, -0.1) is 0 Å². The predicted molar refractivity (Wildman–Crippen MR) is 93.0 cm³/mol. The first-order chi connectivity index (χ1) is 11.1. The van der Waals surface area contributed by atoms with Gasteiger partial charge in [-0.05, 0) is 47.2 Å². The van der Waals surface area contributed by atoms with Crippen LogP contribution in [-0.4, -0.2) is 24.9 Å². The standard InChI is InChI=1S/C17H15BrN3O2/c18-11-2-3-12-13(8-11)15-9-21-16(22)7-10(15)6-14(12)17(23)20-5-1-4-19/h2-3,6-9H,1,4-5,19H2,(H,20,23). The van der Waals surface area contributed by atoms with Crippen LogP contribution >= 0.6 is 15.9 Å². The second-order valence-corrected chi connectivity index (χ2v) is 6.17. The number of nitrogens with one attached hydrogen (secondary N) is 1. The van der Waals surface area contributed by atoms with E-state index in [0.717, 1.165) is 26.9 Å². The Bertz CT molecular complexity index is 922. The predicted octanol–water partition coefficient (Wildman–Crippen LogP) is 0.344. The molecule has 0 aliphatic carbocycles. The number of carbonyl (C=O) groups is 2. The van der Waals surface area contributed by atoms with Crippen molar-refractivity contribution in [3.63, 3.8) is 0 Å². The number of nitrogens with zero attached hydrogens (tertiary/aromatic N) is 1. The van der Waals surface area contributed by atoms with Crippen molar-refractivity contribution in [2.75, 3.05) is 13.1 Å². The highest BCUT2D eigenvalue weighted by molar-refractivity contribution is 9.10. The summed E-state index contributed by atoms with van der Waals surface area (Å²) >= 11 is 3.45. The van der Waals surface area contributed by atoms with Crippen LogP contribution in [0.25, 0.3) is 23.0 Å². The summed E-state index contributed by atoms with van der Waals surface area (Å²) in [5.74, 6) is -0.488. The lowest BCUT2D eigenvalue weighted by molar-refractivity contribution is -0.114. The average molecular weight is 373 g/mol. The first kappa shape index (κ1) is 15.7. The molecule has 23 heavy (non-hydrogen) atoms. The number of hydrogen-bond donors (Lipinski definition) is 2. The number of amides is 2. The quantitative estimate of drug-likeness (QED) is 0.759. The van der Waals surface area contributed by atoms with Crippen LogP contribution in [0.5, 0.6) is 0 Å². The molecule has 0 spiro atoms. The van der Waals surface area contributed by atoms with E-state index in [-0.39, 0.29) is 11.8 Å². The highest BCUT2D eigenvalue weighted by Crippen LogP contribution is 2.20. The van der Waals surface area contributed by atoms with E-state index >= 15 is 0 Å². The summed E-state index contributed by atoms with van der Waals surface area (Å²) in [4.78, 5) is 24.0. The van der Waals surface area contributed by atoms with Gasteiger partial charge in [0.25, 0.3) is 11.8 Å².